The third kappa shape index (κ3) is 4.53. The lowest BCUT2D eigenvalue weighted by Gasteiger charge is -2.35. The first-order chi connectivity index (χ1) is 10.9. The number of quaternary nitrogens is 1. The molecule has 0 spiro atoms. The van der Waals surface area contributed by atoms with Crippen molar-refractivity contribution in [2.24, 2.45) is 0 Å². The Hall–Kier alpha value is -1.43. The summed E-state index contributed by atoms with van der Waals surface area (Å²) < 4.78 is 11.3. The van der Waals surface area contributed by atoms with Crippen molar-refractivity contribution in [3.63, 3.8) is 0 Å². The van der Waals surface area contributed by atoms with Crippen molar-refractivity contribution in [1.82, 2.24) is 0 Å². The summed E-state index contributed by atoms with van der Waals surface area (Å²) in [5.41, 5.74) is 0.542. The molecule has 1 aliphatic rings. The van der Waals surface area contributed by atoms with Gasteiger partial charge in [-0.2, -0.15) is 9.28 Å². The molecule has 0 radical (unpaired) electrons. The summed E-state index contributed by atoms with van der Waals surface area (Å²) in [5.74, 6) is 0. The number of hydrogen-bond acceptors (Lipinski definition) is 4. The maximum Gasteiger partial charge on any atom is 0.518 e. The Kier molecular flexibility index (Phi) is 5.79. The second-order valence-electron chi connectivity index (χ2n) is 7.18. The van der Waals surface area contributed by atoms with Gasteiger partial charge in [-0.15, -0.1) is 0 Å². The number of aliphatic hydroxyl groups is 1. The summed E-state index contributed by atoms with van der Waals surface area (Å²) in [7, 11) is 0. The van der Waals surface area contributed by atoms with Crippen LogP contribution < -0.4 is 0 Å². The van der Waals surface area contributed by atoms with Crippen molar-refractivity contribution in [3.05, 3.63) is 35.9 Å². The van der Waals surface area contributed by atoms with Crippen LogP contribution in [0.5, 0.6) is 0 Å². The molecule has 1 N–H and O–H groups in total. The van der Waals surface area contributed by atoms with Crippen molar-refractivity contribution in [3.8, 4) is 0 Å². The standard InChI is InChI=1S/C18H28NO4/c1-18(2,3)23-17(21)19(14-20)11-7-10-16(19)13-22-12-15-8-5-4-6-9-15/h4-6,8-9,16,20H,7,10-14H2,1-3H3/q+1/t16-,19?/m0/s1. The number of ether oxygens (including phenoxy) is 2. The number of likely N-dealkylation sites (tertiary alicyclic amines) is 1. The highest BCUT2D eigenvalue weighted by atomic mass is 16.6. The average Bonchev–Trinajstić information content (AvgIpc) is 2.91. The van der Waals surface area contributed by atoms with Crippen LogP contribution in [-0.4, -0.2) is 47.2 Å². The van der Waals surface area contributed by atoms with Gasteiger partial charge in [0.15, 0.2) is 6.73 Å². The van der Waals surface area contributed by atoms with Gasteiger partial charge in [-0.3, -0.25) is 0 Å². The molecule has 1 fully saturated rings. The lowest BCUT2D eigenvalue weighted by atomic mass is 10.2. The van der Waals surface area contributed by atoms with Crippen LogP contribution in [-0.2, 0) is 16.1 Å². The molecule has 5 heteroatoms. The molecule has 1 saturated heterocycles. The Labute approximate surface area is 138 Å². The largest absolute Gasteiger partial charge is 0.518 e. The van der Waals surface area contributed by atoms with Gasteiger partial charge in [0, 0.05) is 12.8 Å². The number of benzene rings is 1. The number of carbonyl (C=O) groups is 1. The molecule has 2 atom stereocenters. The number of aliphatic hydroxyl groups excluding tert-OH is 1. The minimum atomic E-state index is -0.560. The van der Waals surface area contributed by atoms with E-state index in [1.165, 1.54) is 0 Å². The zero-order chi connectivity index (χ0) is 16.9. The molecule has 1 aromatic carbocycles. The fourth-order valence-corrected chi connectivity index (χ4v) is 2.99. The molecule has 23 heavy (non-hydrogen) atoms. The Morgan fingerprint density at radius 2 is 2.00 bits per heavy atom. The van der Waals surface area contributed by atoms with E-state index in [9.17, 15) is 9.90 Å². The SMILES string of the molecule is CC(C)(C)OC(=O)[N+]1(CO)CCC[C@H]1COCc1ccccc1. The molecule has 1 aliphatic heterocycles. The third-order valence-electron chi connectivity index (χ3n) is 4.22. The quantitative estimate of drug-likeness (QED) is 0.847. The van der Waals surface area contributed by atoms with Gasteiger partial charge < -0.3 is 14.6 Å². The van der Waals surface area contributed by atoms with Crippen LogP contribution in [0.15, 0.2) is 30.3 Å². The Bertz CT molecular complexity index is 512. The van der Waals surface area contributed by atoms with E-state index in [1.807, 2.05) is 51.1 Å². The first kappa shape index (κ1) is 17.9. The van der Waals surface area contributed by atoms with Crippen LogP contribution in [0.2, 0.25) is 0 Å². The number of hydrogen-bond donors (Lipinski definition) is 1. The first-order valence-corrected chi connectivity index (χ1v) is 8.20. The molecule has 128 valence electrons. The molecular weight excluding hydrogens is 294 g/mol. The number of nitrogens with zero attached hydrogens (tertiary/aromatic N) is 1. The topological polar surface area (TPSA) is 55.8 Å². The monoisotopic (exact) mass is 322 g/mol. The van der Waals surface area contributed by atoms with Crippen molar-refractivity contribution in [2.45, 2.75) is 51.9 Å². The molecule has 1 unspecified atom stereocenters. The first-order valence-electron chi connectivity index (χ1n) is 8.20. The van der Waals surface area contributed by atoms with E-state index in [4.69, 9.17) is 9.47 Å². The average molecular weight is 322 g/mol. The van der Waals surface area contributed by atoms with E-state index in [1.54, 1.807) is 0 Å². The van der Waals surface area contributed by atoms with Crippen LogP contribution in [0.1, 0.15) is 39.2 Å². The second kappa shape index (κ2) is 7.43. The van der Waals surface area contributed by atoms with Gasteiger partial charge in [0.05, 0.1) is 19.8 Å². The van der Waals surface area contributed by atoms with Crippen LogP contribution in [0.25, 0.3) is 0 Å². The van der Waals surface area contributed by atoms with Crippen LogP contribution in [0, 0.1) is 0 Å². The van der Waals surface area contributed by atoms with E-state index in [0.29, 0.717) is 19.8 Å². The van der Waals surface area contributed by atoms with Gasteiger partial charge in [-0.25, -0.2) is 0 Å². The molecular formula is C18H28NO4+. The third-order valence-corrected chi connectivity index (χ3v) is 4.22. The Morgan fingerprint density at radius 3 is 2.61 bits per heavy atom. The van der Waals surface area contributed by atoms with Crippen molar-refractivity contribution in [1.29, 1.82) is 0 Å². The fourth-order valence-electron chi connectivity index (χ4n) is 2.99. The number of rotatable bonds is 5. The van der Waals surface area contributed by atoms with E-state index in [-0.39, 0.29) is 23.3 Å². The molecule has 2 rings (SSSR count). The van der Waals surface area contributed by atoms with Crippen LogP contribution in [0.3, 0.4) is 0 Å². The van der Waals surface area contributed by atoms with Gasteiger partial charge in [-0.1, -0.05) is 30.3 Å². The fraction of sp³-hybridized carbons (Fsp3) is 0.611. The summed E-state index contributed by atoms with van der Waals surface area (Å²) in [5, 5.41) is 9.89. The molecule has 0 aromatic heterocycles. The van der Waals surface area contributed by atoms with E-state index in [0.717, 1.165) is 18.4 Å². The molecule has 0 aliphatic carbocycles. The zero-order valence-corrected chi connectivity index (χ0v) is 14.3. The highest BCUT2D eigenvalue weighted by Crippen LogP contribution is 2.30. The van der Waals surface area contributed by atoms with Gasteiger partial charge in [-0.05, 0) is 26.3 Å². The summed E-state index contributed by atoms with van der Waals surface area (Å²) in [6, 6.07) is 9.88. The van der Waals surface area contributed by atoms with Crippen LogP contribution in [0.4, 0.5) is 4.79 Å². The Morgan fingerprint density at radius 1 is 1.30 bits per heavy atom. The maximum absolute atomic E-state index is 12.6. The zero-order valence-electron chi connectivity index (χ0n) is 14.3. The molecule has 1 heterocycles. The number of carbonyl (C=O) groups excluding carboxylic acids is 1. The van der Waals surface area contributed by atoms with Gasteiger partial charge in [0.1, 0.15) is 11.6 Å². The lowest BCUT2D eigenvalue weighted by molar-refractivity contribution is -0.889. The van der Waals surface area contributed by atoms with Crippen molar-refractivity contribution >= 4 is 6.09 Å². The summed E-state index contributed by atoms with van der Waals surface area (Å²) in [4.78, 5) is 12.6. The smallest absolute Gasteiger partial charge is 0.414 e. The number of amides is 1. The predicted octanol–water partition coefficient (Wildman–Crippen LogP) is 3.07. The van der Waals surface area contributed by atoms with Gasteiger partial charge >= 0.3 is 6.09 Å². The van der Waals surface area contributed by atoms with E-state index >= 15 is 0 Å². The van der Waals surface area contributed by atoms with Gasteiger partial charge in [0.25, 0.3) is 0 Å². The molecule has 5 nitrogen and oxygen atoms in total. The van der Waals surface area contributed by atoms with Crippen molar-refractivity contribution < 1.29 is 23.9 Å². The van der Waals surface area contributed by atoms with E-state index in [2.05, 4.69) is 0 Å². The second-order valence-corrected chi connectivity index (χ2v) is 7.18. The Balaban J connectivity index is 1.97. The summed E-state index contributed by atoms with van der Waals surface area (Å²) >= 11 is 0. The predicted molar refractivity (Wildman–Crippen MR) is 87.6 cm³/mol. The molecule has 0 bridgehead atoms. The molecule has 1 aromatic rings. The lowest BCUT2D eigenvalue weighted by Crippen LogP contribution is -2.59. The van der Waals surface area contributed by atoms with Crippen LogP contribution >= 0.6 is 0 Å². The minimum absolute atomic E-state index is 0.0495. The highest BCUT2D eigenvalue weighted by molar-refractivity contribution is 5.60. The van der Waals surface area contributed by atoms with E-state index < -0.39 is 5.60 Å². The molecule has 0 saturated carbocycles. The normalized spacial score (nSPS) is 24.6. The highest BCUT2D eigenvalue weighted by Gasteiger charge is 2.50. The summed E-state index contributed by atoms with van der Waals surface area (Å²) in [6.45, 7) is 6.84. The minimum Gasteiger partial charge on any atom is -0.414 e. The summed E-state index contributed by atoms with van der Waals surface area (Å²) in [6.07, 6.45) is 1.39. The van der Waals surface area contributed by atoms with Crippen molar-refractivity contribution in [2.75, 3.05) is 19.9 Å². The molecule has 1 amide bonds. The van der Waals surface area contributed by atoms with Gasteiger partial charge in [0.2, 0.25) is 0 Å². The maximum atomic E-state index is 12.6.